The maximum atomic E-state index is 13.0. The lowest BCUT2D eigenvalue weighted by atomic mass is 10.1. The number of halogens is 1. The van der Waals surface area contributed by atoms with Crippen LogP contribution in [0.15, 0.2) is 78.9 Å². The number of rotatable bonds is 4. The van der Waals surface area contributed by atoms with Crippen LogP contribution in [-0.4, -0.2) is 6.41 Å². The van der Waals surface area contributed by atoms with E-state index in [1.165, 1.54) is 17.0 Å². The summed E-state index contributed by atoms with van der Waals surface area (Å²) in [5.41, 5.74) is 3.56. The van der Waals surface area contributed by atoms with Crippen LogP contribution >= 0.6 is 0 Å². The molecule has 0 aliphatic heterocycles. The highest BCUT2D eigenvalue weighted by molar-refractivity contribution is 5.87. The van der Waals surface area contributed by atoms with Gasteiger partial charge in [0, 0.05) is 11.4 Å². The molecule has 3 rings (SSSR count). The minimum Gasteiger partial charge on any atom is -0.284 e. The van der Waals surface area contributed by atoms with Crippen molar-refractivity contribution in [2.24, 2.45) is 0 Å². The molecule has 0 radical (unpaired) electrons. The molecule has 0 aliphatic carbocycles. The van der Waals surface area contributed by atoms with Gasteiger partial charge in [0.25, 0.3) is 0 Å². The molecular weight excluding hydrogens is 277 g/mol. The molecule has 0 fully saturated rings. The fourth-order valence-electron chi connectivity index (χ4n) is 2.32. The molecule has 0 N–H and O–H groups in total. The highest BCUT2D eigenvalue weighted by Crippen LogP contribution is 2.27. The third-order valence-corrected chi connectivity index (χ3v) is 3.46. The van der Waals surface area contributed by atoms with Crippen molar-refractivity contribution in [2.75, 3.05) is 4.90 Å². The molecule has 1 amide bonds. The minimum atomic E-state index is -0.325. The number of carbonyl (C=O) groups excluding carboxylic acids is 1. The fourth-order valence-corrected chi connectivity index (χ4v) is 2.32. The number of anilines is 2. The smallest absolute Gasteiger partial charge is 0.218 e. The van der Waals surface area contributed by atoms with Gasteiger partial charge in [-0.3, -0.25) is 9.69 Å². The zero-order valence-electron chi connectivity index (χ0n) is 11.8. The van der Waals surface area contributed by atoms with E-state index in [4.69, 9.17) is 0 Å². The third-order valence-electron chi connectivity index (χ3n) is 3.46. The number of nitrogens with zero attached hydrogens (tertiary/aromatic N) is 1. The molecule has 0 aliphatic rings. The van der Waals surface area contributed by atoms with Gasteiger partial charge in [0.05, 0.1) is 0 Å². The van der Waals surface area contributed by atoms with Crippen molar-refractivity contribution in [1.82, 2.24) is 0 Å². The van der Waals surface area contributed by atoms with Crippen LogP contribution in [0.1, 0.15) is 0 Å². The second-order valence-electron chi connectivity index (χ2n) is 4.86. The predicted octanol–water partition coefficient (Wildman–Crippen LogP) is 4.79. The largest absolute Gasteiger partial charge is 0.284 e. The second-order valence-corrected chi connectivity index (χ2v) is 4.86. The zero-order valence-corrected chi connectivity index (χ0v) is 11.8. The molecule has 0 saturated heterocycles. The average Bonchev–Trinajstić information content (AvgIpc) is 2.59. The van der Waals surface area contributed by atoms with E-state index >= 15 is 0 Å². The molecule has 22 heavy (non-hydrogen) atoms. The van der Waals surface area contributed by atoms with Crippen LogP contribution in [0.2, 0.25) is 0 Å². The van der Waals surface area contributed by atoms with E-state index in [0.29, 0.717) is 5.69 Å². The summed E-state index contributed by atoms with van der Waals surface area (Å²) in [6.45, 7) is 0. The SMILES string of the molecule is O=CN(c1ccc(F)cc1)c1ccc(-c2ccccc2)cc1. The van der Waals surface area contributed by atoms with Gasteiger partial charge in [0.2, 0.25) is 6.41 Å². The summed E-state index contributed by atoms with van der Waals surface area (Å²) in [5.74, 6) is -0.325. The second kappa shape index (κ2) is 6.22. The monoisotopic (exact) mass is 291 g/mol. The van der Waals surface area contributed by atoms with E-state index in [-0.39, 0.29) is 5.82 Å². The maximum absolute atomic E-state index is 13.0. The molecular formula is C19H14FNO. The summed E-state index contributed by atoms with van der Waals surface area (Å²) in [6, 6.07) is 23.5. The summed E-state index contributed by atoms with van der Waals surface area (Å²) in [4.78, 5) is 12.9. The Morgan fingerprint density at radius 2 is 1.18 bits per heavy atom. The summed E-state index contributed by atoms with van der Waals surface area (Å²) in [7, 11) is 0. The van der Waals surface area contributed by atoms with E-state index < -0.39 is 0 Å². The molecule has 2 nitrogen and oxygen atoms in total. The lowest BCUT2D eigenvalue weighted by Gasteiger charge is -2.18. The van der Waals surface area contributed by atoms with E-state index in [2.05, 4.69) is 0 Å². The minimum absolute atomic E-state index is 0.325. The standard InChI is InChI=1S/C19H14FNO/c20-17-8-12-19(13-9-17)21(14-22)18-10-6-16(7-11-18)15-4-2-1-3-5-15/h1-14H. The van der Waals surface area contributed by atoms with Gasteiger partial charge >= 0.3 is 0 Å². The van der Waals surface area contributed by atoms with Crippen molar-refractivity contribution in [3.63, 3.8) is 0 Å². The molecule has 0 spiro atoms. The summed E-state index contributed by atoms with van der Waals surface area (Å²) < 4.78 is 13.0. The Balaban J connectivity index is 1.90. The molecule has 0 heterocycles. The fraction of sp³-hybridized carbons (Fsp3) is 0. The molecule has 0 atom stereocenters. The van der Waals surface area contributed by atoms with Gasteiger partial charge in [-0.25, -0.2) is 4.39 Å². The molecule has 3 aromatic carbocycles. The topological polar surface area (TPSA) is 20.3 Å². The number of benzene rings is 3. The van der Waals surface area contributed by atoms with Crippen molar-refractivity contribution >= 4 is 17.8 Å². The first-order valence-electron chi connectivity index (χ1n) is 6.93. The van der Waals surface area contributed by atoms with Crippen molar-refractivity contribution in [2.45, 2.75) is 0 Å². The van der Waals surface area contributed by atoms with Crippen molar-refractivity contribution in [3.8, 4) is 11.1 Å². The molecule has 0 bridgehead atoms. The Labute approximate surface area is 128 Å². The van der Waals surface area contributed by atoms with Crippen molar-refractivity contribution in [1.29, 1.82) is 0 Å². The zero-order chi connectivity index (χ0) is 15.4. The first-order valence-corrected chi connectivity index (χ1v) is 6.93. The number of hydrogen-bond acceptors (Lipinski definition) is 1. The lowest BCUT2D eigenvalue weighted by Crippen LogP contribution is -2.13. The van der Waals surface area contributed by atoms with Gasteiger partial charge in [-0.1, -0.05) is 42.5 Å². The van der Waals surface area contributed by atoms with Crippen molar-refractivity contribution < 1.29 is 9.18 Å². The molecule has 108 valence electrons. The quantitative estimate of drug-likeness (QED) is 0.633. The van der Waals surface area contributed by atoms with Crippen LogP contribution in [0.3, 0.4) is 0 Å². The number of hydrogen-bond donors (Lipinski definition) is 0. The normalized spacial score (nSPS) is 10.2. The van der Waals surface area contributed by atoms with Gasteiger partial charge in [-0.2, -0.15) is 0 Å². The van der Waals surface area contributed by atoms with Crippen LogP contribution in [-0.2, 0) is 4.79 Å². The highest BCUT2D eigenvalue weighted by atomic mass is 19.1. The molecule has 0 saturated carbocycles. The Morgan fingerprint density at radius 3 is 1.73 bits per heavy atom. The van der Waals surface area contributed by atoms with Crippen LogP contribution in [0.5, 0.6) is 0 Å². The van der Waals surface area contributed by atoms with Crippen LogP contribution in [0.4, 0.5) is 15.8 Å². The molecule has 3 heteroatoms. The first-order chi connectivity index (χ1) is 10.8. The van der Waals surface area contributed by atoms with Crippen LogP contribution in [0.25, 0.3) is 11.1 Å². The van der Waals surface area contributed by atoms with E-state index in [0.717, 1.165) is 23.2 Å². The first kappa shape index (κ1) is 14.0. The van der Waals surface area contributed by atoms with Crippen molar-refractivity contribution in [3.05, 3.63) is 84.7 Å². The Morgan fingerprint density at radius 1 is 0.682 bits per heavy atom. The molecule has 3 aromatic rings. The maximum Gasteiger partial charge on any atom is 0.218 e. The Hall–Kier alpha value is -2.94. The highest BCUT2D eigenvalue weighted by Gasteiger charge is 2.08. The Bertz CT molecular complexity index is 752. The van der Waals surface area contributed by atoms with E-state index in [1.807, 2.05) is 54.6 Å². The molecule has 0 aromatic heterocycles. The van der Waals surface area contributed by atoms with Gasteiger partial charge in [0.15, 0.2) is 0 Å². The Kier molecular flexibility index (Phi) is 3.97. The third kappa shape index (κ3) is 2.88. The summed E-state index contributed by atoms with van der Waals surface area (Å²) in [6.07, 6.45) is 0.727. The van der Waals surface area contributed by atoms with Crippen LogP contribution in [0, 0.1) is 5.82 Å². The van der Waals surface area contributed by atoms with Crippen LogP contribution < -0.4 is 4.90 Å². The number of amides is 1. The van der Waals surface area contributed by atoms with E-state index in [1.54, 1.807) is 12.1 Å². The van der Waals surface area contributed by atoms with Gasteiger partial charge in [-0.05, 0) is 47.5 Å². The summed E-state index contributed by atoms with van der Waals surface area (Å²) >= 11 is 0. The van der Waals surface area contributed by atoms with Gasteiger partial charge < -0.3 is 0 Å². The lowest BCUT2D eigenvalue weighted by molar-refractivity contribution is -0.106. The van der Waals surface area contributed by atoms with Gasteiger partial charge in [-0.15, -0.1) is 0 Å². The average molecular weight is 291 g/mol. The number of carbonyl (C=O) groups is 1. The van der Waals surface area contributed by atoms with E-state index in [9.17, 15) is 9.18 Å². The van der Waals surface area contributed by atoms with Gasteiger partial charge in [0.1, 0.15) is 5.82 Å². The summed E-state index contributed by atoms with van der Waals surface area (Å²) in [5, 5.41) is 0. The predicted molar refractivity (Wildman–Crippen MR) is 86.5 cm³/mol. The molecule has 0 unspecified atom stereocenters.